The van der Waals surface area contributed by atoms with Crippen molar-refractivity contribution in [3.8, 4) is 29.6 Å². The van der Waals surface area contributed by atoms with Crippen LogP contribution in [0.5, 0.6) is 5.75 Å². The van der Waals surface area contributed by atoms with Gasteiger partial charge >= 0.3 is 0 Å². The first-order valence-corrected chi connectivity index (χ1v) is 7.41. The van der Waals surface area contributed by atoms with Crippen LogP contribution in [0.1, 0.15) is 0 Å². The van der Waals surface area contributed by atoms with Crippen LogP contribution in [0.3, 0.4) is 0 Å². The lowest BCUT2D eigenvalue weighted by Crippen LogP contribution is -2.00. The highest BCUT2D eigenvalue weighted by molar-refractivity contribution is 5.79. The number of nitriles is 3. The minimum Gasteiger partial charge on any atom is -0.497 e. The predicted octanol–water partition coefficient (Wildman–Crippen LogP) is 2.67. The Kier molecular flexibility index (Phi) is 4.47. The highest BCUT2D eigenvalue weighted by Crippen LogP contribution is 2.20. The molecule has 8 heteroatoms. The Morgan fingerprint density at radius 1 is 0.962 bits per heavy atom. The fourth-order valence-electron chi connectivity index (χ4n) is 2.25. The molecule has 0 aliphatic heterocycles. The van der Waals surface area contributed by atoms with Gasteiger partial charge in [-0.25, -0.2) is 0 Å². The summed E-state index contributed by atoms with van der Waals surface area (Å²) in [5, 5.41) is 38.5. The van der Waals surface area contributed by atoms with Crippen LogP contribution in [0.25, 0.3) is 16.7 Å². The molecular weight excluding hydrogens is 330 g/mol. The Morgan fingerprint density at radius 3 is 2.27 bits per heavy atom. The average Bonchev–Trinajstić information content (AvgIpc) is 3.11. The molecule has 2 aromatic carbocycles. The second-order valence-corrected chi connectivity index (χ2v) is 5.10. The van der Waals surface area contributed by atoms with Crippen LogP contribution < -0.4 is 10.1 Å². The summed E-state index contributed by atoms with van der Waals surface area (Å²) in [7, 11) is 1.60. The van der Waals surface area contributed by atoms with Gasteiger partial charge in [-0.15, -0.1) is 10.2 Å². The predicted molar refractivity (Wildman–Crippen MR) is 92.9 cm³/mol. The molecule has 1 N–H and O–H groups in total. The van der Waals surface area contributed by atoms with Gasteiger partial charge in [-0.3, -0.25) is 0 Å². The zero-order chi connectivity index (χ0) is 18.5. The summed E-state index contributed by atoms with van der Waals surface area (Å²) in [5.41, 5.74) is 2.16. The van der Waals surface area contributed by atoms with Gasteiger partial charge < -0.3 is 10.1 Å². The van der Waals surface area contributed by atoms with Crippen molar-refractivity contribution in [2.45, 2.75) is 0 Å². The number of hydrogen-bond donors (Lipinski definition) is 1. The van der Waals surface area contributed by atoms with Gasteiger partial charge in [-0.1, -0.05) is 0 Å². The van der Waals surface area contributed by atoms with Gasteiger partial charge in [0.1, 0.15) is 40.7 Å². The maximum Gasteiger partial charge on any atom is 0.163 e. The molecule has 0 atom stereocenters. The molecule has 26 heavy (non-hydrogen) atoms. The molecule has 0 unspecified atom stereocenters. The van der Waals surface area contributed by atoms with Crippen molar-refractivity contribution in [3.05, 3.63) is 53.7 Å². The lowest BCUT2D eigenvalue weighted by molar-refractivity contribution is 0.414. The summed E-state index contributed by atoms with van der Waals surface area (Å²) in [6.45, 7) is 0. The number of ether oxygens (including phenoxy) is 1. The van der Waals surface area contributed by atoms with Gasteiger partial charge in [0.15, 0.2) is 5.57 Å². The van der Waals surface area contributed by atoms with E-state index in [0.717, 1.165) is 11.4 Å². The van der Waals surface area contributed by atoms with Crippen molar-refractivity contribution in [2.75, 3.05) is 12.4 Å². The summed E-state index contributed by atoms with van der Waals surface area (Å²) in [5.74, 6) is 0.735. The lowest BCUT2D eigenvalue weighted by atomic mass is 10.2. The fourth-order valence-corrected chi connectivity index (χ4v) is 2.25. The fraction of sp³-hybridized carbons (Fsp3) is 0.0556. The number of hydrogen-bond acceptors (Lipinski definition) is 7. The normalized spacial score (nSPS) is 9.62. The maximum absolute atomic E-state index is 9.11. The number of benzene rings is 2. The van der Waals surface area contributed by atoms with Crippen LogP contribution in [0.4, 0.5) is 5.69 Å². The minimum absolute atomic E-state index is 0.114. The summed E-state index contributed by atoms with van der Waals surface area (Å²) in [4.78, 5) is 1.49. The first-order chi connectivity index (χ1) is 12.7. The van der Waals surface area contributed by atoms with E-state index >= 15 is 0 Å². The number of allylic oxidation sites excluding steroid dienone is 2. The van der Waals surface area contributed by atoms with Crippen molar-refractivity contribution in [3.63, 3.8) is 0 Å². The van der Waals surface area contributed by atoms with E-state index in [1.807, 2.05) is 30.3 Å². The van der Waals surface area contributed by atoms with Gasteiger partial charge in [0.25, 0.3) is 0 Å². The smallest absolute Gasteiger partial charge is 0.163 e. The van der Waals surface area contributed by atoms with E-state index in [2.05, 4.69) is 15.5 Å². The molecule has 124 valence electrons. The number of nitrogens with one attached hydrogen (secondary N) is 1. The molecule has 0 radical (unpaired) electrons. The van der Waals surface area contributed by atoms with Crippen molar-refractivity contribution >= 4 is 16.7 Å². The molecule has 0 aliphatic carbocycles. The SMILES string of the molecule is COc1ccc(-n2nc3ccc(NC(C#N)=C(C#N)C#N)cc3n2)cc1. The lowest BCUT2D eigenvalue weighted by Gasteiger charge is -2.03. The highest BCUT2D eigenvalue weighted by Gasteiger charge is 2.09. The largest absolute Gasteiger partial charge is 0.497 e. The third-order valence-electron chi connectivity index (χ3n) is 3.54. The molecule has 0 saturated heterocycles. The van der Waals surface area contributed by atoms with E-state index in [9.17, 15) is 0 Å². The molecule has 0 bridgehead atoms. The van der Waals surface area contributed by atoms with E-state index < -0.39 is 0 Å². The monoisotopic (exact) mass is 341 g/mol. The van der Waals surface area contributed by atoms with Crippen molar-refractivity contribution < 1.29 is 4.74 Å². The zero-order valence-electron chi connectivity index (χ0n) is 13.6. The Hall–Kier alpha value is -4.35. The first-order valence-electron chi connectivity index (χ1n) is 7.41. The summed E-state index contributed by atoms with van der Waals surface area (Å²) >= 11 is 0. The van der Waals surface area contributed by atoms with Gasteiger partial charge in [0.2, 0.25) is 0 Å². The molecule has 8 nitrogen and oxygen atoms in total. The second kappa shape index (κ2) is 7.04. The summed E-state index contributed by atoms with van der Waals surface area (Å²) in [6, 6.07) is 17.6. The van der Waals surface area contributed by atoms with Crippen molar-refractivity contribution in [1.29, 1.82) is 15.8 Å². The molecule has 0 amide bonds. The van der Waals surface area contributed by atoms with Crippen LogP contribution in [0.2, 0.25) is 0 Å². The van der Waals surface area contributed by atoms with E-state index in [4.69, 9.17) is 20.5 Å². The Labute approximate surface area is 148 Å². The number of rotatable bonds is 4. The maximum atomic E-state index is 9.11. The molecule has 1 heterocycles. The third kappa shape index (κ3) is 3.14. The zero-order valence-corrected chi connectivity index (χ0v) is 13.6. The van der Waals surface area contributed by atoms with E-state index in [0.29, 0.717) is 16.7 Å². The molecule has 0 aliphatic rings. The van der Waals surface area contributed by atoms with Gasteiger partial charge in [-0.05, 0) is 42.5 Å². The molecule has 1 aromatic heterocycles. The number of nitrogens with zero attached hydrogens (tertiary/aromatic N) is 6. The van der Waals surface area contributed by atoms with Gasteiger partial charge in [-0.2, -0.15) is 20.6 Å². The highest BCUT2D eigenvalue weighted by atomic mass is 16.5. The van der Waals surface area contributed by atoms with Crippen LogP contribution in [-0.4, -0.2) is 22.1 Å². The summed E-state index contributed by atoms with van der Waals surface area (Å²) < 4.78 is 5.13. The molecule has 0 saturated carbocycles. The molecule has 0 fully saturated rings. The topological polar surface area (TPSA) is 123 Å². The van der Waals surface area contributed by atoms with Crippen LogP contribution in [0.15, 0.2) is 53.7 Å². The number of methoxy groups -OCH3 is 1. The van der Waals surface area contributed by atoms with Gasteiger partial charge in [0.05, 0.1) is 12.8 Å². The molecule has 0 spiro atoms. The molecule has 3 rings (SSSR count). The molecule has 3 aromatic rings. The average molecular weight is 341 g/mol. The summed E-state index contributed by atoms with van der Waals surface area (Å²) in [6.07, 6.45) is 0. The second-order valence-electron chi connectivity index (χ2n) is 5.10. The van der Waals surface area contributed by atoms with Crippen molar-refractivity contribution in [2.24, 2.45) is 0 Å². The minimum atomic E-state index is -0.283. The molecular formula is C18H11N7O. The van der Waals surface area contributed by atoms with Crippen LogP contribution in [0, 0.1) is 34.0 Å². The number of fused-ring (bicyclic) bond motifs is 1. The quantitative estimate of drug-likeness (QED) is 0.723. The number of anilines is 1. The van der Waals surface area contributed by atoms with Crippen LogP contribution in [-0.2, 0) is 0 Å². The Bertz CT molecular complexity index is 1110. The number of aromatic nitrogens is 3. The Balaban J connectivity index is 1.95. The first kappa shape index (κ1) is 16.5. The van der Waals surface area contributed by atoms with E-state index in [1.165, 1.54) is 4.80 Å². The van der Waals surface area contributed by atoms with E-state index in [-0.39, 0.29) is 11.3 Å². The van der Waals surface area contributed by atoms with Gasteiger partial charge in [0, 0.05) is 5.69 Å². The standard InChI is InChI=1S/C18H11N7O/c1-26-15-5-3-14(4-6-15)25-23-16-7-2-13(8-17(16)24-25)22-18(11-21)12(9-19)10-20/h2-8,22H,1H3. The van der Waals surface area contributed by atoms with Crippen LogP contribution >= 0.6 is 0 Å². The van der Waals surface area contributed by atoms with Crippen molar-refractivity contribution in [1.82, 2.24) is 15.0 Å². The Morgan fingerprint density at radius 2 is 1.65 bits per heavy atom. The third-order valence-corrected chi connectivity index (χ3v) is 3.54. The van der Waals surface area contributed by atoms with E-state index in [1.54, 1.807) is 37.4 Å².